The Bertz CT molecular complexity index is 1970. The maximum Gasteiger partial charge on any atom is 2.00 e. The fourth-order valence-corrected chi connectivity index (χ4v) is 4.79. The van der Waals surface area contributed by atoms with E-state index >= 15 is 0 Å². The number of halogens is 2. The molecule has 21 heteroatoms. The fraction of sp³-hybridized carbons (Fsp3) is 0.171. The number of aldehydes is 1. The van der Waals surface area contributed by atoms with E-state index in [1.165, 1.54) is 0 Å². The van der Waals surface area contributed by atoms with Crippen molar-refractivity contribution >= 4 is 6.29 Å². The molecule has 2 N–H and O–H groups in total. The molecule has 0 aliphatic carbocycles. The van der Waals surface area contributed by atoms with Gasteiger partial charge in [0.2, 0.25) is 0 Å². The number of rotatable bonds is 7. The summed E-state index contributed by atoms with van der Waals surface area (Å²) in [6.07, 6.45) is 2.31. The van der Waals surface area contributed by atoms with Crippen LogP contribution in [0.4, 0.5) is 0 Å². The van der Waals surface area contributed by atoms with Crippen LogP contribution in [0, 0.1) is 34.3 Å². The number of benzene rings is 2. The summed E-state index contributed by atoms with van der Waals surface area (Å²) in [4.78, 5) is 28.6. The number of hydrogen-bond donors (Lipinski definition) is 0. The molecule has 18 nitrogen and oxygen atoms in total. The van der Waals surface area contributed by atoms with Gasteiger partial charge in [-0.15, -0.1) is 20.5 Å². The second kappa shape index (κ2) is 22.0. The van der Waals surface area contributed by atoms with Crippen molar-refractivity contribution in [2.45, 2.75) is 13.8 Å². The van der Waals surface area contributed by atoms with Crippen LogP contribution in [0.15, 0.2) is 91.1 Å². The fourth-order valence-electron chi connectivity index (χ4n) is 4.79. The van der Waals surface area contributed by atoms with Crippen molar-refractivity contribution in [1.82, 2.24) is 29.1 Å². The van der Waals surface area contributed by atoms with Crippen LogP contribution in [0.25, 0.3) is 45.6 Å². The Labute approximate surface area is 336 Å². The number of hydrogen-bond acceptors (Lipinski definition) is 15. The van der Waals surface area contributed by atoms with Gasteiger partial charge in [-0.25, -0.2) is 52.2 Å². The summed E-state index contributed by atoms with van der Waals surface area (Å²) in [5.74, 6) is 3.26. The summed E-state index contributed by atoms with van der Waals surface area (Å²) >= 11 is 0. The van der Waals surface area contributed by atoms with E-state index in [0.29, 0.717) is 5.69 Å². The number of aromatic nitrogens is 6. The molecule has 0 atom stereocenters. The Morgan fingerprint density at radius 2 is 0.964 bits per heavy atom. The minimum Gasteiger partial charge on any atom is -0.497 e. The molecule has 0 aliphatic rings. The smallest absolute Gasteiger partial charge is 0.497 e. The first-order valence-corrected chi connectivity index (χ1v) is 17.7. The number of nitrogens with zero attached hydrogens (tertiary/aromatic N) is 6. The van der Waals surface area contributed by atoms with E-state index in [0.717, 1.165) is 74.7 Å². The first-order chi connectivity index (χ1) is 25.3. The third-order valence-corrected chi connectivity index (χ3v) is 7.51. The Hall–Kier alpha value is -4.83. The van der Waals surface area contributed by atoms with E-state index in [9.17, 15) is 4.79 Å². The molecule has 0 bridgehead atoms. The van der Waals surface area contributed by atoms with Crippen LogP contribution in [0.3, 0.4) is 0 Å². The van der Waals surface area contributed by atoms with Crippen LogP contribution >= 0.6 is 0 Å². The molecular weight excluding hydrogens is 831 g/mol. The van der Waals surface area contributed by atoms with E-state index in [1.807, 2.05) is 80.8 Å². The zero-order valence-electron chi connectivity index (χ0n) is 30.5. The zero-order valence-corrected chi connectivity index (χ0v) is 32.9. The van der Waals surface area contributed by atoms with Gasteiger partial charge in [0, 0.05) is 42.8 Å². The van der Waals surface area contributed by atoms with Crippen molar-refractivity contribution < 1.29 is 94.6 Å². The van der Waals surface area contributed by atoms with Gasteiger partial charge in [-0.3, -0.25) is 9.78 Å². The summed E-state index contributed by atoms with van der Waals surface area (Å²) in [6, 6.07) is 27.1. The number of carbonyl (C=O) groups is 1. The van der Waals surface area contributed by atoms with E-state index in [2.05, 4.69) is 28.0 Å². The minimum absolute atomic E-state index is 0. The van der Waals surface area contributed by atoms with E-state index in [1.54, 1.807) is 38.6 Å². The predicted molar refractivity (Wildman–Crippen MR) is 175 cm³/mol. The summed E-state index contributed by atoms with van der Waals surface area (Å²) in [5, 5.41) is 0. The first kappa shape index (κ1) is 49.2. The van der Waals surface area contributed by atoms with Crippen LogP contribution in [-0.2, 0) is 31.2 Å². The topological polar surface area (TPSA) is 313 Å². The van der Waals surface area contributed by atoms with Gasteiger partial charge >= 0.3 is 17.1 Å². The average molecular weight is 867 g/mol. The third kappa shape index (κ3) is 15.0. The van der Waals surface area contributed by atoms with Crippen LogP contribution in [0.1, 0.15) is 21.9 Å². The normalized spacial score (nSPS) is 10.5. The molecule has 4 heterocycles. The molecule has 0 saturated heterocycles. The van der Waals surface area contributed by atoms with E-state index in [-0.39, 0.29) is 22.5 Å². The summed E-state index contributed by atoms with van der Waals surface area (Å²) in [7, 11) is -2.51. The molecule has 6 rings (SSSR count). The molecule has 0 aliphatic heterocycles. The quantitative estimate of drug-likeness (QED) is 0.111. The number of imidazole rings is 2. The summed E-state index contributed by atoms with van der Waals surface area (Å²) < 4.78 is 82.7. The molecule has 0 spiro atoms. The maximum absolute atomic E-state index is 9.94. The molecule has 0 fully saturated rings. The van der Waals surface area contributed by atoms with Gasteiger partial charge in [0.25, 0.3) is 0 Å². The maximum atomic E-state index is 9.94. The van der Waals surface area contributed by atoms with E-state index < -0.39 is 20.5 Å². The molecule has 1 radical (unpaired) electrons. The van der Waals surface area contributed by atoms with Crippen molar-refractivity contribution in [3.05, 3.63) is 108 Å². The second-order valence-corrected chi connectivity index (χ2v) is 12.4. The van der Waals surface area contributed by atoms with Crippen molar-refractivity contribution in [3.63, 3.8) is 0 Å². The SMILES string of the molecule is COc1ccc(-c2nc(-c3cccc(-c4nc(-c5ccc(OC)cc5)c(C)n4C)n3)n(C)c2C)cc1.O.O=Cc1ccccn1.[Cu+2].[O-][Cl+3]([O-])([O-])[O-].[O-][Cl+3]([O-])([O-])[O-]. The Kier molecular flexibility index (Phi) is 19.4. The van der Waals surface area contributed by atoms with Crippen LogP contribution in [0.5, 0.6) is 11.5 Å². The van der Waals surface area contributed by atoms with Gasteiger partial charge < -0.3 is 24.1 Å². The van der Waals surface area contributed by atoms with Gasteiger partial charge in [-0.05, 0) is 86.6 Å². The standard InChI is InChI=1S/C29H29N5O2.C6H5NO.2ClHO4.Cu.H2O/c1-18-26(20-10-14-22(35-5)15-11-20)31-28(33(18)3)24-8-7-9-25(30-24)29-32-27(19(2)34(29)4)21-12-16-23(36-6)17-13-21;8-5-6-3-1-2-4-7-6;2*2-1(3,4)5;;/h7-17H,1-6H3;1-5H;2*(H,2,3,4,5);;1H2/q;;;;+2;/p-2. The van der Waals surface area contributed by atoms with Crippen molar-refractivity contribution in [1.29, 1.82) is 0 Å². The first-order valence-electron chi connectivity index (χ1n) is 15.3. The van der Waals surface area contributed by atoms with Crippen LogP contribution < -0.4 is 46.7 Å². The predicted octanol–water partition coefficient (Wildman–Crippen LogP) is -3.59. The van der Waals surface area contributed by atoms with Crippen molar-refractivity contribution in [3.8, 4) is 57.1 Å². The minimum atomic E-state index is -4.94. The molecule has 303 valence electrons. The van der Waals surface area contributed by atoms with Gasteiger partial charge in [0.1, 0.15) is 28.6 Å². The van der Waals surface area contributed by atoms with E-state index in [4.69, 9.17) is 61.7 Å². The number of carbonyl (C=O) groups excluding carboxylic acids is 1. The molecule has 0 unspecified atom stereocenters. The second-order valence-electron chi connectivity index (χ2n) is 10.9. The zero-order chi connectivity index (χ0) is 40.2. The largest absolute Gasteiger partial charge is 2.00 e. The van der Waals surface area contributed by atoms with Crippen molar-refractivity contribution in [2.24, 2.45) is 14.1 Å². The molecule has 6 aromatic rings. The van der Waals surface area contributed by atoms with Gasteiger partial charge in [0.15, 0.2) is 17.9 Å². The molecule has 2 aromatic carbocycles. The van der Waals surface area contributed by atoms with Gasteiger partial charge in [0.05, 0.1) is 25.6 Å². The Morgan fingerprint density at radius 1 is 0.589 bits per heavy atom. The molecule has 56 heavy (non-hydrogen) atoms. The molecular formula is C35H36Cl2CuN6O12. The number of ether oxygens (including phenoxy) is 2. The number of pyridine rings is 2. The third-order valence-electron chi connectivity index (χ3n) is 7.51. The Balaban J connectivity index is 0.000000651. The Morgan fingerprint density at radius 3 is 1.25 bits per heavy atom. The monoisotopic (exact) mass is 865 g/mol. The molecule has 0 amide bonds. The van der Waals surface area contributed by atoms with Crippen LogP contribution in [0.2, 0.25) is 0 Å². The summed E-state index contributed by atoms with van der Waals surface area (Å²) in [5.41, 5.74) is 8.13. The van der Waals surface area contributed by atoms with Gasteiger partial charge in [-0.2, -0.15) is 0 Å². The number of methoxy groups -OCH3 is 2. The van der Waals surface area contributed by atoms with Crippen molar-refractivity contribution in [2.75, 3.05) is 14.2 Å². The molecule has 4 aromatic heterocycles. The van der Waals surface area contributed by atoms with Crippen LogP contribution in [-0.4, -0.2) is 55.1 Å². The summed E-state index contributed by atoms with van der Waals surface area (Å²) in [6.45, 7) is 4.15. The average Bonchev–Trinajstić information content (AvgIpc) is 3.61. The van der Waals surface area contributed by atoms with Gasteiger partial charge in [-0.1, -0.05) is 12.1 Å². The molecule has 0 saturated carbocycles.